The van der Waals surface area contributed by atoms with Crippen molar-refractivity contribution in [1.29, 1.82) is 0 Å². The Morgan fingerprint density at radius 2 is 2.24 bits per heavy atom. The van der Waals surface area contributed by atoms with Crippen molar-refractivity contribution < 1.29 is 9.66 Å². The summed E-state index contributed by atoms with van der Waals surface area (Å²) in [4.78, 5) is 10.2. The molecule has 0 fully saturated rings. The van der Waals surface area contributed by atoms with Crippen molar-refractivity contribution in [2.45, 2.75) is 20.0 Å². The zero-order valence-electron chi connectivity index (χ0n) is 9.99. The van der Waals surface area contributed by atoms with Gasteiger partial charge in [0.1, 0.15) is 16.9 Å². The van der Waals surface area contributed by atoms with Crippen LogP contribution in [0.1, 0.15) is 12.5 Å². The van der Waals surface area contributed by atoms with E-state index >= 15 is 0 Å². The molecule has 1 atom stereocenters. The molecule has 0 bridgehead atoms. The van der Waals surface area contributed by atoms with Gasteiger partial charge in [-0.25, -0.2) is 0 Å². The lowest BCUT2D eigenvalue weighted by molar-refractivity contribution is -0.384. The monoisotopic (exact) mass is 258 g/mol. The van der Waals surface area contributed by atoms with Crippen LogP contribution in [0, 0.1) is 17.0 Å². The highest BCUT2D eigenvalue weighted by Gasteiger charge is 2.16. The van der Waals surface area contributed by atoms with E-state index < -0.39 is 4.92 Å². The Bertz CT molecular complexity index is 423. The number of likely N-dealkylation sites (N-methyl/N-ethyl adjacent to an activating group) is 1. The molecule has 1 aromatic carbocycles. The number of aryl methyl sites for hydroxylation is 1. The van der Waals surface area contributed by atoms with Crippen molar-refractivity contribution in [3.8, 4) is 5.75 Å². The third-order valence-corrected chi connectivity index (χ3v) is 2.56. The van der Waals surface area contributed by atoms with Crippen molar-refractivity contribution in [1.82, 2.24) is 5.32 Å². The number of nitrogens with zero attached hydrogens (tertiary/aromatic N) is 1. The average molecular weight is 259 g/mol. The molecule has 0 aliphatic rings. The topological polar surface area (TPSA) is 64.4 Å². The van der Waals surface area contributed by atoms with Crippen LogP contribution >= 0.6 is 11.6 Å². The highest BCUT2D eigenvalue weighted by atomic mass is 35.5. The van der Waals surface area contributed by atoms with Gasteiger partial charge in [0.25, 0.3) is 5.69 Å². The van der Waals surface area contributed by atoms with Gasteiger partial charge in [-0.05, 0) is 26.5 Å². The number of hydrogen-bond acceptors (Lipinski definition) is 4. The highest BCUT2D eigenvalue weighted by Crippen LogP contribution is 2.32. The normalized spacial score (nSPS) is 12.2. The SMILES string of the molecule is CNCC(C)Oc1cc(Cl)c([N+](=O)[O-])cc1C. The standard InChI is InChI=1S/C11H15ClN2O3/c1-7-4-10(14(15)16)9(12)5-11(7)17-8(2)6-13-3/h4-5,8,13H,6H2,1-3H3. The van der Waals surface area contributed by atoms with E-state index in [2.05, 4.69) is 5.32 Å². The molecule has 1 unspecified atom stereocenters. The molecule has 0 saturated carbocycles. The predicted molar refractivity (Wildman–Crippen MR) is 66.9 cm³/mol. The van der Waals surface area contributed by atoms with Crippen molar-refractivity contribution in [2.24, 2.45) is 0 Å². The molecule has 0 aromatic heterocycles. The van der Waals surface area contributed by atoms with Crippen molar-refractivity contribution in [3.63, 3.8) is 0 Å². The molecule has 1 aromatic rings. The number of hydrogen-bond donors (Lipinski definition) is 1. The molecule has 0 radical (unpaired) electrons. The van der Waals surface area contributed by atoms with E-state index in [0.29, 0.717) is 17.9 Å². The molecular formula is C11H15ClN2O3. The quantitative estimate of drug-likeness (QED) is 0.651. The lowest BCUT2D eigenvalue weighted by Crippen LogP contribution is -2.26. The van der Waals surface area contributed by atoms with Crippen LogP contribution in [0.15, 0.2) is 12.1 Å². The van der Waals surface area contributed by atoms with Gasteiger partial charge in [-0.3, -0.25) is 10.1 Å². The third kappa shape index (κ3) is 3.57. The van der Waals surface area contributed by atoms with Crippen molar-refractivity contribution in [3.05, 3.63) is 32.8 Å². The molecule has 0 saturated heterocycles. The molecule has 1 N–H and O–H groups in total. The molecule has 17 heavy (non-hydrogen) atoms. The predicted octanol–water partition coefficient (Wildman–Crippen LogP) is 2.54. The summed E-state index contributed by atoms with van der Waals surface area (Å²) in [6, 6.07) is 2.91. The first-order valence-electron chi connectivity index (χ1n) is 5.21. The Kier molecular flexibility index (Phi) is 4.72. The van der Waals surface area contributed by atoms with Gasteiger partial charge in [0, 0.05) is 18.7 Å². The Balaban J connectivity index is 2.95. The lowest BCUT2D eigenvalue weighted by atomic mass is 10.2. The minimum atomic E-state index is -0.504. The maximum Gasteiger partial charge on any atom is 0.288 e. The van der Waals surface area contributed by atoms with E-state index in [9.17, 15) is 10.1 Å². The molecule has 94 valence electrons. The molecular weight excluding hydrogens is 244 g/mol. The van der Waals surface area contributed by atoms with Crippen molar-refractivity contribution >= 4 is 17.3 Å². The second-order valence-corrected chi connectivity index (χ2v) is 4.22. The van der Waals surface area contributed by atoms with Gasteiger partial charge in [-0.1, -0.05) is 11.6 Å². The Morgan fingerprint density at radius 3 is 2.76 bits per heavy atom. The van der Waals surface area contributed by atoms with Crippen molar-refractivity contribution in [2.75, 3.05) is 13.6 Å². The van der Waals surface area contributed by atoms with Crippen LogP contribution < -0.4 is 10.1 Å². The summed E-state index contributed by atoms with van der Waals surface area (Å²) in [5.74, 6) is 0.573. The number of rotatable bonds is 5. The Hall–Kier alpha value is -1.33. The summed E-state index contributed by atoms with van der Waals surface area (Å²) in [5.41, 5.74) is 0.599. The van der Waals surface area contributed by atoms with E-state index in [0.717, 1.165) is 0 Å². The fourth-order valence-corrected chi connectivity index (χ4v) is 1.68. The molecule has 1 rings (SSSR count). The van der Waals surface area contributed by atoms with Gasteiger partial charge in [-0.15, -0.1) is 0 Å². The molecule has 0 aliphatic carbocycles. The van der Waals surface area contributed by atoms with Crippen LogP contribution in [0.3, 0.4) is 0 Å². The van der Waals surface area contributed by atoms with Gasteiger partial charge < -0.3 is 10.1 Å². The Labute approximate surface area is 105 Å². The van der Waals surface area contributed by atoms with Crippen LogP contribution in [0.4, 0.5) is 5.69 Å². The fourth-order valence-electron chi connectivity index (χ4n) is 1.46. The minimum absolute atomic E-state index is 0.0313. The number of nitro benzene ring substituents is 1. The summed E-state index contributed by atoms with van der Waals surface area (Å²) >= 11 is 5.82. The smallest absolute Gasteiger partial charge is 0.288 e. The lowest BCUT2D eigenvalue weighted by Gasteiger charge is -2.16. The first-order chi connectivity index (χ1) is 7.95. The summed E-state index contributed by atoms with van der Waals surface area (Å²) in [7, 11) is 1.83. The van der Waals surface area contributed by atoms with E-state index in [4.69, 9.17) is 16.3 Å². The maximum atomic E-state index is 10.7. The first kappa shape index (κ1) is 13.7. The largest absolute Gasteiger partial charge is 0.489 e. The number of nitrogens with one attached hydrogen (secondary N) is 1. The summed E-state index contributed by atoms with van der Waals surface area (Å²) < 4.78 is 5.63. The molecule has 0 aliphatic heterocycles. The number of nitro groups is 1. The van der Waals surface area contributed by atoms with Gasteiger partial charge >= 0.3 is 0 Å². The zero-order chi connectivity index (χ0) is 13.0. The molecule has 5 nitrogen and oxygen atoms in total. The van der Waals surface area contributed by atoms with Gasteiger partial charge in [0.05, 0.1) is 4.92 Å². The van der Waals surface area contributed by atoms with Gasteiger partial charge in [0.2, 0.25) is 0 Å². The maximum absolute atomic E-state index is 10.7. The number of ether oxygens (including phenoxy) is 1. The summed E-state index contributed by atoms with van der Waals surface area (Å²) in [6.07, 6.45) is -0.0313. The zero-order valence-corrected chi connectivity index (χ0v) is 10.7. The highest BCUT2D eigenvalue weighted by molar-refractivity contribution is 6.32. The first-order valence-corrected chi connectivity index (χ1v) is 5.59. The fraction of sp³-hybridized carbons (Fsp3) is 0.455. The number of halogens is 1. The van der Waals surface area contributed by atoms with Crippen LogP contribution in [0.5, 0.6) is 5.75 Å². The molecule has 0 amide bonds. The van der Waals surface area contributed by atoms with E-state index in [1.807, 2.05) is 14.0 Å². The average Bonchev–Trinajstić information content (AvgIpc) is 2.22. The second-order valence-electron chi connectivity index (χ2n) is 3.81. The molecule has 0 heterocycles. The second kappa shape index (κ2) is 5.84. The molecule has 6 heteroatoms. The minimum Gasteiger partial charge on any atom is -0.489 e. The van der Waals surface area contributed by atoms with Crippen LogP contribution in [0.2, 0.25) is 5.02 Å². The number of benzene rings is 1. The van der Waals surface area contributed by atoms with Crippen LogP contribution in [-0.4, -0.2) is 24.6 Å². The third-order valence-electron chi connectivity index (χ3n) is 2.26. The van der Waals surface area contributed by atoms with Crippen LogP contribution in [-0.2, 0) is 0 Å². The van der Waals surface area contributed by atoms with E-state index in [1.165, 1.54) is 12.1 Å². The van der Waals surface area contributed by atoms with Gasteiger partial charge in [-0.2, -0.15) is 0 Å². The Morgan fingerprint density at radius 1 is 1.59 bits per heavy atom. The van der Waals surface area contributed by atoms with E-state index in [-0.39, 0.29) is 16.8 Å². The van der Waals surface area contributed by atoms with Crippen LogP contribution in [0.25, 0.3) is 0 Å². The summed E-state index contributed by atoms with van der Waals surface area (Å²) in [6.45, 7) is 4.35. The molecule has 0 spiro atoms. The summed E-state index contributed by atoms with van der Waals surface area (Å²) in [5, 5.41) is 13.8. The van der Waals surface area contributed by atoms with E-state index in [1.54, 1.807) is 6.92 Å². The van der Waals surface area contributed by atoms with Gasteiger partial charge in [0.15, 0.2) is 0 Å².